The Morgan fingerprint density at radius 2 is 2.03 bits per heavy atom. The molecule has 0 unspecified atom stereocenters. The second-order valence-electron chi connectivity index (χ2n) is 6.88. The number of hydrogen-bond acceptors (Lipinski definition) is 5. The molecule has 7 nitrogen and oxygen atoms in total. The van der Waals surface area contributed by atoms with E-state index in [4.69, 9.17) is 5.26 Å². The average molecular weight is 429 g/mol. The third-order valence-electron chi connectivity index (χ3n) is 4.70. The quantitative estimate of drug-likeness (QED) is 0.438. The number of aromatic nitrogens is 4. The fraction of sp³-hybridized carbons (Fsp3) is 0.130. The Morgan fingerprint density at radius 3 is 2.77 bits per heavy atom. The lowest BCUT2D eigenvalue weighted by atomic mass is 10.1. The van der Waals surface area contributed by atoms with Gasteiger partial charge in [0, 0.05) is 52.9 Å². The van der Waals surface area contributed by atoms with Gasteiger partial charge in [-0.3, -0.25) is 4.79 Å². The number of fused-ring (bicyclic) bond motifs is 1. The van der Waals surface area contributed by atoms with Gasteiger partial charge in [-0.15, -0.1) is 10.2 Å². The van der Waals surface area contributed by atoms with E-state index in [1.165, 1.54) is 17.8 Å². The number of anilines is 1. The number of rotatable bonds is 7. The number of para-hydroxylation sites is 1. The zero-order valence-electron chi connectivity index (χ0n) is 16.9. The summed E-state index contributed by atoms with van der Waals surface area (Å²) in [6, 6.07) is 17.7. The fourth-order valence-electron chi connectivity index (χ4n) is 3.19. The number of carbonyl (C=O) groups is 1. The number of amides is 1. The zero-order valence-corrected chi connectivity index (χ0v) is 17.7. The van der Waals surface area contributed by atoms with Crippen molar-refractivity contribution in [2.24, 2.45) is 7.05 Å². The Hall–Kier alpha value is -3.83. The molecule has 8 heteroatoms. The standard InChI is InChI=1S/C23H20N6OS/c1-28-16-25-27-23(28)31-19-10-8-18(9-11-19)26-22(30)12-7-17-15-29(14-4-13-24)21-6-3-2-5-20(17)21/h2-3,5-12,15-16H,4,14H2,1H3,(H,26,30)/b12-7+. The van der Waals surface area contributed by atoms with Crippen LogP contribution >= 0.6 is 11.8 Å². The fourth-order valence-corrected chi connectivity index (χ4v) is 3.95. The maximum atomic E-state index is 12.4. The Labute approximate surface area is 184 Å². The number of nitrogens with one attached hydrogen (secondary N) is 1. The third-order valence-corrected chi connectivity index (χ3v) is 5.76. The van der Waals surface area contributed by atoms with Crippen molar-refractivity contribution in [2.75, 3.05) is 5.32 Å². The molecule has 0 aliphatic carbocycles. The summed E-state index contributed by atoms with van der Waals surface area (Å²) in [5, 5.41) is 21.5. The van der Waals surface area contributed by atoms with Crippen LogP contribution in [0.1, 0.15) is 12.0 Å². The highest BCUT2D eigenvalue weighted by atomic mass is 32.2. The highest BCUT2D eigenvalue weighted by molar-refractivity contribution is 7.99. The second-order valence-corrected chi connectivity index (χ2v) is 7.92. The third kappa shape index (κ3) is 4.85. The molecule has 1 N–H and O–H groups in total. The number of aryl methyl sites for hydroxylation is 2. The van der Waals surface area contributed by atoms with Crippen LogP contribution in [-0.2, 0) is 18.4 Å². The van der Waals surface area contributed by atoms with Gasteiger partial charge in [-0.25, -0.2) is 0 Å². The first-order valence-corrected chi connectivity index (χ1v) is 10.5. The van der Waals surface area contributed by atoms with Crippen LogP contribution in [0.5, 0.6) is 0 Å². The molecule has 4 rings (SSSR count). The monoisotopic (exact) mass is 428 g/mol. The molecule has 4 aromatic rings. The Morgan fingerprint density at radius 1 is 1.23 bits per heavy atom. The molecule has 0 radical (unpaired) electrons. The smallest absolute Gasteiger partial charge is 0.248 e. The molecule has 2 aromatic heterocycles. The minimum Gasteiger partial charge on any atom is -0.346 e. The molecule has 31 heavy (non-hydrogen) atoms. The predicted octanol–water partition coefficient (Wildman–Crippen LogP) is 4.49. The van der Waals surface area contributed by atoms with E-state index in [9.17, 15) is 4.79 Å². The van der Waals surface area contributed by atoms with Crippen molar-refractivity contribution < 1.29 is 4.79 Å². The van der Waals surface area contributed by atoms with Crippen molar-refractivity contribution in [3.63, 3.8) is 0 Å². The van der Waals surface area contributed by atoms with Gasteiger partial charge in [0.1, 0.15) is 6.33 Å². The number of nitrogens with zero attached hydrogens (tertiary/aromatic N) is 5. The summed E-state index contributed by atoms with van der Waals surface area (Å²) in [6.45, 7) is 0.621. The van der Waals surface area contributed by atoms with Gasteiger partial charge in [-0.05, 0) is 48.2 Å². The van der Waals surface area contributed by atoms with Gasteiger partial charge in [0.2, 0.25) is 5.91 Å². The van der Waals surface area contributed by atoms with Gasteiger partial charge in [0.05, 0.1) is 12.5 Å². The van der Waals surface area contributed by atoms with Crippen LogP contribution in [0.4, 0.5) is 5.69 Å². The lowest BCUT2D eigenvalue weighted by Crippen LogP contribution is -2.07. The van der Waals surface area contributed by atoms with Crippen LogP contribution < -0.4 is 5.32 Å². The SMILES string of the molecule is Cn1cnnc1Sc1ccc(NC(=O)/C=C/c2cn(CCC#N)c3ccccc23)cc1. The van der Waals surface area contributed by atoms with Crippen LogP contribution in [0, 0.1) is 11.3 Å². The number of benzene rings is 2. The maximum Gasteiger partial charge on any atom is 0.248 e. The summed E-state index contributed by atoms with van der Waals surface area (Å²) < 4.78 is 3.89. The minimum atomic E-state index is -0.206. The van der Waals surface area contributed by atoms with E-state index in [1.807, 2.05) is 70.9 Å². The summed E-state index contributed by atoms with van der Waals surface area (Å²) in [5.41, 5.74) is 2.71. The highest BCUT2D eigenvalue weighted by Crippen LogP contribution is 2.26. The molecule has 0 aliphatic rings. The molecule has 0 spiro atoms. The minimum absolute atomic E-state index is 0.206. The van der Waals surface area contributed by atoms with Crippen LogP contribution in [0.15, 0.2) is 77.2 Å². The normalized spacial score (nSPS) is 11.1. The van der Waals surface area contributed by atoms with E-state index in [2.05, 4.69) is 21.6 Å². The van der Waals surface area contributed by atoms with Crippen molar-refractivity contribution in [1.82, 2.24) is 19.3 Å². The molecular formula is C23H20N6OS. The van der Waals surface area contributed by atoms with Gasteiger partial charge in [-0.1, -0.05) is 18.2 Å². The number of hydrogen-bond donors (Lipinski definition) is 1. The van der Waals surface area contributed by atoms with Crippen molar-refractivity contribution in [3.05, 3.63) is 72.7 Å². The first-order valence-electron chi connectivity index (χ1n) is 9.70. The molecule has 2 heterocycles. The van der Waals surface area contributed by atoms with Gasteiger partial charge in [0.15, 0.2) is 5.16 Å². The van der Waals surface area contributed by atoms with E-state index in [1.54, 1.807) is 12.4 Å². The summed E-state index contributed by atoms with van der Waals surface area (Å²) in [4.78, 5) is 13.4. The van der Waals surface area contributed by atoms with Gasteiger partial charge < -0.3 is 14.5 Å². The summed E-state index contributed by atoms with van der Waals surface area (Å²) >= 11 is 1.51. The first kappa shape index (κ1) is 20.4. The van der Waals surface area contributed by atoms with Crippen LogP contribution in [0.2, 0.25) is 0 Å². The lowest BCUT2D eigenvalue weighted by molar-refractivity contribution is -0.111. The van der Waals surface area contributed by atoms with E-state index < -0.39 is 0 Å². The molecule has 154 valence electrons. The molecule has 1 amide bonds. The molecule has 0 aliphatic heterocycles. The van der Waals surface area contributed by atoms with E-state index in [0.29, 0.717) is 18.7 Å². The number of nitriles is 1. The highest BCUT2D eigenvalue weighted by Gasteiger charge is 2.07. The van der Waals surface area contributed by atoms with Crippen molar-refractivity contribution in [3.8, 4) is 6.07 Å². The summed E-state index contributed by atoms with van der Waals surface area (Å²) in [5.74, 6) is -0.206. The topological polar surface area (TPSA) is 88.5 Å². The largest absolute Gasteiger partial charge is 0.346 e. The molecular weight excluding hydrogens is 408 g/mol. The molecule has 0 saturated carbocycles. The molecule has 0 fully saturated rings. The summed E-state index contributed by atoms with van der Waals surface area (Å²) in [7, 11) is 1.89. The van der Waals surface area contributed by atoms with Gasteiger partial charge >= 0.3 is 0 Å². The van der Waals surface area contributed by atoms with E-state index in [0.717, 1.165) is 26.5 Å². The molecule has 0 bridgehead atoms. The zero-order chi connectivity index (χ0) is 21.6. The Kier molecular flexibility index (Phi) is 6.15. The van der Waals surface area contributed by atoms with Crippen molar-refractivity contribution >= 4 is 40.3 Å². The van der Waals surface area contributed by atoms with E-state index >= 15 is 0 Å². The molecule has 0 atom stereocenters. The maximum absolute atomic E-state index is 12.4. The Balaban J connectivity index is 1.43. The lowest BCUT2D eigenvalue weighted by Gasteiger charge is -2.04. The van der Waals surface area contributed by atoms with Crippen molar-refractivity contribution in [1.29, 1.82) is 5.26 Å². The van der Waals surface area contributed by atoms with Crippen LogP contribution in [0.3, 0.4) is 0 Å². The Bertz CT molecular complexity index is 1280. The second kappa shape index (κ2) is 9.32. The van der Waals surface area contributed by atoms with Gasteiger partial charge in [-0.2, -0.15) is 5.26 Å². The van der Waals surface area contributed by atoms with Crippen molar-refractivity contribution in [2.45, 2.75) is 23.0 Å². The summed E-state index contributed by atoms with van der Waals surface area (Å²) in [6.07, 6.45) is 7.40. The van der Waals surface area contributed by atoms with Crippen LogP contribution in [0.25, 0.3) is 17.0 Å². The predicted molar refractivity (Wildman–Crippen MR) is 121 cm³/mol. The number of carbonyl (C=O) groups excluding carboxylic acids is 1. The van der Waals surface area contributed by atoms with Crippen LogP contribution in [-0.4, -0.2) is 25.2 Å². The van der Waals surface area contributed by atoms with E-state index in [-0.39, 0.29) is 5.91 Å². The first-order chi connectivity index (χ1) is 15.1. The molecule has 0 saturated heterocycles. The average Bonchev–Trinajstić information content (AvgIpc) is 3.35. The van der Waals surface area contributed by atoms with Gasteiger partial charge in [0.25, 0.3) is 0 Å². The molecule has 2 aromatic carbocycles.